The number of fused-ring (bicyclic) bond motifs is 1. The number of halogens is 5. The number of rotatable bonds is 5. The Balaban J connectivity index is 2.28. The maximum atomic E-state index is 14.1. The maximum Gasteiger partial charge on any atom is 0.417 e. The molecule has 0 aliphatic heterocycles. The van der Waals surface area contributed by atoms with Crippen molar-refractivity contribution in [3.8, 4) is 11.3 Å². The molecule has 0 amide bonds. The number of benzene rings is 1. The van der Waals surface area contributed by atoms with Crippen LogP contribution in [0, 0.1) is 5.41 Å². The lowest BCUT2D eigenvalue weighted by molar-refractivity contribution is -0.137. The first kappa shape index (κ1) is 27.1. The van der Waals surface area contributed by atoms with E-state index in [-0.39, 0.29) is 27.9 Å². The number of alkyl halides is 5. The first-order valence-electron chi connectivity index (χ1n) is 10.9. The summed E-state index contributed by atoms with van der Waals surface area (Å²) in [7, 11) is 0. The van der Waals surface area contributed by atoms with Gasteiger partial charge in [-0.05, 0) is 44.4 Å². The second kappa shape index (κ2) is 9.54. The van der Waals surface area contributed by atoms with Crippen LogP contribution in [0.5, 0.6) is 0 Å². The highest BCUT2D eigenvalue weighted by atomic mass is 32.2. The Morgan fingerprint density at radius 3 is 2.20 bits per heavy atom. The van der Waals surface area contributed by atoms with E-state index in [1.807, 2.05) is 20.8 Å². The van der Waals surface area contributed by atoms with Gasteiger partial charge in [-0.2, -0.15) is 13.2 Å². The quantitative estimate of drug-likeness (QED) is 0.204. The fraction of sp³-hybridized carbons (Fsp3) is 0.440. The van der Waals surface area contributed by atoms with Crippen molar-refractivity contribution in [3.05, 3.63) is 53.7 Å². The Morgan fingerprint density at radius 1 is 1.03 bits per heavy atom. The molecule has 0 saturated carbocycles. The maximum absolute atomic E-state index is 14.1. The van der Waals surface area contributed by atoms with E-state index in [0.29, 0.717) is 11.9 Å². The van der Waals surface area contributed by atoms with Crippen molar-refractivity contribution in [2.24, 2.45) is 9.81 Å². The van der Waals surface area contributed by atoms with Gasteiger partial charge in [-0.1, -0.05) is 43.4 Å². The van der Waals surface area contributed by atoms with Crippen LogP contribution in [0.25, 0.3) is 22.3 Å². The molecule has 0 aliphatic rings. The third-order valence-electron chi connectivity index (χ3n) is 5.06. The van der Waals surface area contributed by atoms with E-state index >= 15 is 0 Å². The Hall–Kier alpha value is -2.46. The third kappa shape index (κ3) is 6.22. The van der Waals surface area contributed by atoms with Crippen LogP contribution in [-0.2, 0) is 24.1 Å². The molecule has 0 aliphatic carbocycles. The van der Waals surface area contributed by atoms with Gasteiger partial charge in [0.15, 0.2) is 5.71 Å². The van der Waals surface area contributed by atoms with Crippen LogP contribution in [0.3, 0.4) is 0 Å². The largest absolute Gasteiger partial charge is 0.591 e. The fourth-order valence-electron chi connectivity index (χ4n) is 3.54. The van der Waals surface area contributed by atoms with Gasteiger partial charge < -0.3 is 9.12 Å². The van der Waals surface area contributed by atoms with Crippen molar-refractivity contribution in [1.29, 1.82) is 0 Å². The molecule has 1 atom stereocenters. The molecule has 0 bridgehead atoms. The molecule has 0 N–H and O–H groups in total. The van der Waals surface area contributed by atoms with Crippen molar-refractivity contribution in [2.75, 3.05) is 0 Å². The lowest BCUT2D eigenvalue weighted by atomic mass is 9.97. The first-order valence-corrected chi connectivity index (χ1v) is 12.1. The molecule has 4 nitrogen and oxygen atoms in total. The van der Waals surface area contributed by atoms with Crippen LogP contribution in [0.4, 0.5) is 22.0 Å². The van der Waals surface area contributed by atoms with E-state index in [0.717, 1.165) is 6.07 Å². The molecule has 10 heteroatoms. The summed E-state index contributed by atoms with van der Waals surface area (Å²) in [4.78, 5) is 4.48. The molecule has 1 aromatic carbocycles. The lowest BCUT2D eigenvalue weighted by Crippen LogP contribution is -2.28. The molecule has 0 saturated heterocycles. The minimum absolute atomic E-state index is 0.0556. The predicted molar refractivity (Wildman–Crippen MR) is 130 cm³/mol. The van der Waals surface area contributed by atoms with Gasteiger partial charge >= 0.3 is 6.18 Å². The molecular weight excluding hydrogens is 485 g/mol. The van der Waals surface area contributed by atoms with Crippen molar-refractivity contribution < 1.29 is 26.5 Å². The van der Waals surface area contributed by atoms with Crippen LogP contribution < -0.4 is 0 Å². The SMILES string of the molecule is CC(C)(C)Cn1cc(/C(=N\[S@@+]([O-])C(C)(C)C)C(F)F)c2ccc(-c3ccccc3C(F)(F)F)nc21. The van der Waals surface area contributed by atoms with E-state index in [4.69, 9.17) is 0 Å². The predicted octanol–water partition coefficient (Wildman–Crippen LogP) is 7.28. The van der Waals surface area contributed by atoms with Gasteiger partial charge in [0.25, 0.3) is 6.43 Å². The van der Waals surface area contributed by atoms with Crippen molar-refractivity contribution in [3.63, 3.8) is 0 Å². The Morgan fingerprint density at radius 2 is 1.66 bits per heavy atom. The van der Waals surface area contributed by atoms with Gasteiger partial charge in [0.2, 0.25) is 0 Å². The number of pyridine rings is 1. The van der Waals surface area contributed by atoms with Crippen LogP contribution in [0.15, 0.2) is 47.0 Å². The zero-order valence-corrected chi connectivity index (χ0v) is 21.2. The van der Waals surface area contributed by atoms with Gasteiger partial charge in [0.1, 0.15) is 21.8 Å². The second-order valence-corrected chi connectivity index (χ2v) is 12.4. The van der Waals surface area contributed by atoms with Crippen LogP contribution in [0.2, 0.25) is 0 Å². The average Bonchev–Trinajstić information content (AvgIpc) is 3.06. The van der Waals surface area contributed by atoms with E-state index in [2.05, 4.69) is 9.38 Å². The number of aromatic nitrogens is 2. The van der Waals surface area contributed by atoms with Gasteiger partial charge in [-0.25, -0.2) is 13.8 Å². The monoisotopic (exact) mass is 513 g/mol. The van der Waals surface area contributed by atoms with Crippen molar-refractivity contribution >= 4 is 28.1 Å². The van der Waals surface area contributed by atoms with Gasteiger partial charge in [0, 0.05) is 29.3 Å². The Labute approximate surface area is 204 Å². The third-order valence-corrected chi connectivity index (χ3v) is 6.47. The highest BCUT2D eigenvalue weighted by Crippen LogP contribution is 2.37. The van der Waals surface area contributed by atoms with Gasteiger partial charge in [-0.15, -0.1) is 0 Å². The summed E-state index contributed by atoms with van der Waals surface area (Å²) in [6.45, 7) is 11.1. The molecule has 2 aromatic heterocycles. The number of hydrogen-bond acceptors (Lipinski definition) is 3. The summed E-state index contributed by atoms with van der Waals surface area (Å²) < 4.78 is 86.3. The average molecular weight is 514 g/mol. The molecule has 3 rings (SSSR count). The Bertz CT molecular complexity index is 1240. The smallest absolute Gasteiger partial charge is 0.417 e. The summed E-state index contributed by atoms with van der Waals surface area (Å²) in [5.74, 6) is 0. The van der Waals surface area contributed by atoms with E-state index < -0.39 is 40.0 Å². The second-order valence-electron chi connectivity index (χ2n) is 10.5. The number of hydrogen-bond donors (Lipinski definition) is 0. The zero-order valence-electron chi connectivity index (χ0n) is 20.4. The minimum Gasteiger partial charge on any atom is -0.591 e. The summed E-state index contributed by atoms with van der Waals surface area (Å²) in [6.07, 6.45) is -6.13. The highest BCUT2D eigenvalue weighted by Gasteiger charge is 2.34. The molecule has 2 heterocycles. The van der Waals surface area contributed by atoms with Crippen molar-refractivity contribution in [2.45, 2.75) is 65.4 Å². The standard InChI is InChI=1S/C25H28F5N3OS/c1-23(2,3)14-33-13-17(20(21(26)27)32-35(34)24(4,5)6)15-11-12-19(31-22(15)33)16-9-7-8-10-18(16)25(28,29)30/h7-13,21H,14H2,1-6H3/b32-20+/t35-/m0/s1. The summed E-state index contributed by atoms with van der Waals surface area (Å²) in [6, 6.07) is 7.93. The van der Waals surface area contributed by atoms with Gasteiger partial charge in [-0.3, -0.25) is 0 Å². The molecule has 0 unspecified atom stereocenters. The van der Waals surface area contributed by atoms with E-state index in [9.17, 15) is 26.5 Å². The minimum atomic E-state index is -4.59. The lowest BCUT2D eigenvalue weighted by Gasteiger charge is -2.20. The molecule has 190 valence electrons. The topological polar surface area (TPSA) is 53.2 Å². The zero-order chi connectivity index (χ0) is 26.3. The van der Waals surface area contributed by atoms with Crippen LogP contribution >= 0.6 is 0 Å². The fourth-order valence-corrected chi connectivity index (χ4v) is 4.17. The number of nitrogens with zero attached hydrogens (tertiary/aromatic N) is 3. The van der Waals surface area contributed by atoms with E-state index in [1.165, 1.54) is 36.5 Å². The van der Waals surface area contributed by atoms with Crippen LogP contribution in [-0.4, -0.2) is 31.0 Å². The summed E-state index contributed by atoms with van der Waals surface area (Å²) in [5.41, 5.74) is -1.50. The molecule has 0 fully saturated rings. The highest BCUT2D eigenvalue weighted by molar-refractivity contribution is 7.91. The summed E-state index contributed by atoms with van der Waals surface area (Å²) in [5, 5.41) is 0.299. The van der Waals surface area contributed by atoms with Crippen molar-refractivity contribution in [1.82, 2.24) is 9.55 Å². The molecule has 3 aromatic rings. The summed E-state index contributed by atoms with van der Waals surface area (Å²) >= 11 is -1.94. The Kier molecular flexibility index (Phi) is 7.39. The normalized spacial score (nSPS) is 14.7. The molecular formula is C25H28F5N3OS. The molecule has 35 heavy (non-hydrogen) atoms. The van der Waals surface area contributed by atoms with Crippen LogP contribution in [0.1, 0.15) is 52.7 Å². The molecule has 0 radical (unpaired) electrons. The first-order chi connectivity index (χ1) is 16.0. The molecule has 0 spiro atoms. The van der Waals surface area contributed by atoms with E-state index in [1.54, 1.807) is 25.3 Å². The van der Waals surface area contributed by atoms with Gasteiger partial charge in [0.05, 0.1) is 11.3 Å².